The van der Waals surface area contributed by atoms with Crippen molar-refractivity contribution in [3.05, 3.63) is 47.0 Å². The summed E-state index contributed by atoms with van der Waals surface area (Å²) in [5, 5.41) is 7.68. The van der Waals surface area contributed by atoms with E-state index in [1.807, 2.05) is 31.3 Å². The van der Waals surface area contributed by atoms with Gasteiger partial charge in [0.1, 0.15) is 4.60 Å². The second kappa shape index (κ2) is 5.07. The van der Waals surface area contributed by atoms with Gasteiger partial charge in [0.25, 0.3) is 0 Å². The quantitative estimate of drug-likeness (QED) is 0.805. The molecule has 0 aliphatic carbocycles. The van der Waals surface area contributed by atoms with Crippen molar-refractivity contribution in [2.24, 2.45) is 0 Å². The molecule has 0 bridgehead atoms. The minimum Gasteiger partial charge on any atom is -0.314 e. The zero-order chi connectivity index (χ0) is 13.2. The van der Waals surface area contributed by atoms with Crippen LogP contribution in [0.3, 0.4) is 0 Å². The number of nitrogens with zero attached hydrogens (tertiary/aromatic N) is 4. The first-order chi connectivity index (χ1) is 9.29. The number of pyridine rings is 1. The SMILES string of the molecule is CNCc1nc2ccc(-c3cccnc3)nn2c1Br. The Hall–Kier alpha value is -1.79. The van der Waals surface area contributed by atoms with E-state index in [9.17, 15) is 0 Å². The summed E-state index contributed by atoms with van der Waals surface area (Å²) in [5.74, 6) is 0. The number of rotatable bonds is 3. The Labute approximate surface area is 118 Å². The second-order valence-electron chi connectivity index (χ2n) is 4.11. The number of hydrogen-bond acceptors (Lipinski definition) is 4. The van der Waals surface area contributed by atoms with Crippen molar-refractivity contribution in [2.45, 2.75) is 6.54 Å². The van der Waals surface area contributed by atoms with Crippen LogP contribution in [-0.2, 0) is 6.54 Å². The van der Waals surface area contributed by atoms with Crippen LogP contribution in [-0.4, -0.2) is 26.6 Å². The minimum atomic E-state index is 0.701. The summed E-state index contributed by atoms with van der Waals surface area (Å²) in [6, 6.07) is 7.80. The topological polar surface area (TPSA) is 55.1 Å². The first-order valence-electron chi connectivity index (χ1n) is 5.89. The Morgan fingerprint density at radius 2 is 2.21 bits per heavy atom. The summed E-state index contributed by atoms with van der Waals surface area (Å²) in [4.78, 5) is 8.62. The largest absolute Gasteiger partial charge is 0.314 e. The normalized spacial score (nSPS) is 11.1. The van der Waals surface area contributed by atoms with Gasteiger partial charge >= 0.3 is 0 Å². The lowest BCUT2D eigenvalue weighted by Gasteiger charge is -2.01. The number of halogens is 1. The fraction of sp³-hybridized carbons (Fsp3) is 0.154. The van der Waals surface area contributed by atoms with Crippen LogP contribution in [0.25, 0.3) is 16.9 Å². The maximum atomic E-state index is 4.59. The fourth-order valence-electron chi connectivity index (χ4n) is 1.90. The average Bonchev–Trinajstić information content (AvgIpc) is 2.77. The number of nitrogens with one attached hydrogen (secondary N) is 1. The van der Waals surface area contributed by atoms with Gasteiger partial charge in [0.15, 0.2) is 5.65 Å². The van der Waals surface area contributed by atoms with E-state index >= 15 is 0 Å². The lowest BCUT2D eigenvalue weighted by molar-refractivity contribution is 0.789. The van der Waals surface area contributed by atoms with Crippen molar-refractivity contribution in [1.82, 2.24) is 24.9 Å². The third kappa shape index (κ3) is 2.24. The van der Waals surface area contributed by atoms with Gasteiger partial charge in [-0.15, -0.1) is 0 Å². The molecular weight excluding hydrogens is 306 g/mol. The first kappa shape index (κ1) is 12.3. The molecule has 0 amide bonds. The number of hydrogen-bond donors (Lipinski definition) is 1. The molecule has 5 nitrogen and oxygen atoms in total. The summed E-state index contributed by atoms with van der Waals surface area (Å²) >= 11 is 3.54. The van der Waals surface area contributed by atoms with Crippen molar-refractivity contribution < 1.29 is 0 Å². The van der Waals surface area contributed by atoms with Gasteiger partial charge in [0.2, 0.25) is 0 Å². The van der Waals surface area contributed by atoms with E-state index in [1.54, 1.807) is 16.9 Å². The van der Waals surface area contributed by atoms with Crippen LogP contribution >= 0.6 is 15.9 Å². The van der Waals surface area contributed by atoms with Crippen LogP contribution in [0.15, 0.2) is 41.3 Å². The molecule has 0 radical (unpaired) electrons. The molecule has 1 N–H and O–H groups in total. The van der Waals surface area contributed by atoms with Crippen LogP contribution in [0, 0.1) is 0 Å². The molecule has 0 aliphatic heterocycles. The highest BCUT2D eigenvalue weighted by Gasteiger charge is 2.11. The molecule has 3 heterocycles. The first-order valence-corrected chi connectivity index (χ1v) is 6.68. The van der Waals surface area contributed by atoms with E-state index < -0.39 is 0 Å². The zero-order valence-electron chi connectivity index (χ0n) is 10.3. The van der Waals surface area contributed by atoms with Crippen molar-refractivity contribution in [1.29, 1.82) is 0 Å². The predicted octanol–water partition coefficient (Wildman–Crippen LogP) is 2.27. The summed E-state index contributed by atoms with van der Waals surface area (Å²) < 4.78 is 2.68. The number of aromatic nitrogens is 4. The smallest absolute Gasteiger partial charge is 0.155 e. The van der Waals surface area contributed by atoms with Gasteiger partial charge in [-0.05, 0) is 47.2 Å². The van der Waals surface area contributed by atoms with E-state index in [0.29, 0.717) is 6.54 Å². The van der Waals surface area contributed by atoms with Crippen LogP contribution in [0.4, 0.5) is 0 Å². The lowest BCUT2D eigenvalue weighted by Crippen LogP contribution is -2.05. The zero-order valence-corrected chi connectivity index (χ0v) is 11.9. The minimum absolute atomic E-state index is 0.701. The Balaban J connectivity index is 2.13. The molecule has 3 rings (SSSR count). The van der Waals surface area contributed by atoms with Crippen LogP contribution in [0.5, 0.6) is 0 Å². The third-order valence-electron chi connectivity index (χ3n) is 2.79. The summed E-state index contributed by atoms with van der Waals surface area (Å²) in [7, 11) is 1.89. The van der Waals surface area contributed by atoms with Crippen LogP contribution in [0.2, 0.25) is 0 Å². The Bertz CT molecular complexity index is 708. The molecule has 0 aliphatic rings. The maximum Gasteiger partial charge on any atom is 0.155 e. The van der Waals surface area contributed by atoms with Crippen LogP contribution < -0.4 is 5.32 Å². The molecule has 0 fully saturated rings. The van der Waals surface area contributed by atoms with E-state index in [4.69, 9.17) is 0 Å². The summed E-state index contributed by atoms with van der Waals surface area (Å²) in [6.45, 7) is 0.701. The Morgan fingerprint density at radius 3 is 2.95 bits per heavy atom. The molecule has 19 heavy (non-hydrogen) atoms. The fourth-order valence-corrected chi connectivity index (χ4v) is 2.39. The molecule has 0 spiro atoms. The third-order valence-corrected chi connectivity index (χ3v) is 3.58. The van der Waals surface area contributed by atoms with Gasteiger partial charge in [0.05, 0.1) is 11.4 Å². The lowest BCUT2D eigenvalue weighted by atomic mass is 10.2. The Morgan fingerprint density at radius 1 is 1.32 bits per heavy atom. The molecule has 0 saturated carbocycles. The van der Waals surface area contributed by atoms with Crippen LogP contribution in [0.1, 0.15) is 5.69 Å². The second-order valence-corrected chi connectivity index (χ2v) is 4.86. The summed E-state index contributed by atoms with van der Waals surface area (Å²) in [6.07, 6.45) is 3.55. The highest BCUT2D eigenvalue weighted by molar-refractivity contribution is 9.10. The van der Waals surface area contributed by atoms with Gasteiger partial charge in [-0.25, -0.2) is 9.50 Å². The maximum absolute atomic E-state index is 4.59. The number of imidazole rings is 1. The van der Waals surface area contributed by atoms with E-state index in [2.05, 4.69) is 36.3 Å². The van der Waals surface area contributed by atoms with Gasteiger partial charge in [-0.1, -0.05) is 0 Å². The van der Waals surface area contributed by atoms with Crippen molar-refractivity contribution in [2.75, 3.05) is 7.05 Å². The standard InChI is InChI=1S/C13H12BrN5/c1-15-8-11-13(14)19-12(17-11)5-4-10(18-19)9-3-2-6-16-7-9/h2-7,15H,8H2,1H3. The predicted molar refractivity (Wildman–Crippen MR) is 76.7 cm³/mol. The highest BCUT2D eigenvalue weighted by Crippen LogP contribution is 2.21. The molecule has 0 saturated heterocycles. The molecule has 3 aromatic rings. The van der Waals surface area contributed by atoms with Gasteiger partial charge in [0, 0.05) is 24.5 Å². The average molecular weight is 318 g/mol. The van der Waals surface area contributed by atoms with Crippen molar-refractivity contribution in [3.63, 3.8) is 0 Å². The van der Waals surface area contributed by atoms with E-state index in [-0.39, 0.29) is 0 Å². The molecule has 0 unspecified atom stereocenters. The molecule has 6 heteroatoms. The molecular formula is C13H12BrN5. The van der Waals surface area contributed by atoms with Crippen molar-refractivity contribution >= 4 is 21.6 Å². The Kier molecular flexibility index (Phi) is 3.27. The van der Waals surface area contributed by atoms with Gasteiger partial charge < -0.3 is 5.32 Å². The highest BCUT2D eigenvalue weighted by atomic mass is 79.9. The summed E-state index contributed by atoms with van der Waals surface area (Å²) in [5.41, 5.74) is 3.62. The van der Waals surface area contributed by atoms with E-state index in [0.717, 1.165) is 27.2 Å². The molecule has 0 atom stereocenters. The monoisotopic (exact) mass is 317 g/mol. The van der Waals surface area contributed by atoms with Gasteiger partial charge in [-0.3, -0.25) is 4.98 Å². The molecule has 3 aromatic heterocycles. The van der Waals surface area contributed by atoms with Gasteiger partial charge in [-0.2, -0.15) is 5.10 Å². The molecule has 0 aromatic carbocycles. The van der Waals surface area contributed by atoms with Crippen molar-refractivity contribution in [3.8, 4) is 11.3 Å². The molecule has 96 valence electrons. The number of fused-ring (bicyclic) bond motifs is 1. The van der Waals surface area contributed by atoms with E-state index in [1.165, 1.54) is 0 Å².